The van der Waals surface area contributed by atoms with Crippen LogP contribution in [-0.2, 0) is 37.4 Å². The number of benzene rings is 2. The van der Waals surface area contributed by atoms with E-state index in [0.717, 1.165) is 21.7 Å². The number of nitrogens with one attached hydrogen (secondary N) is 1. The summed E-state index contributed by atoms with van der Waals surface area (Å²) < 4.78 is 31.3. The molecule has 8 nitrogen and oxygen atoms in total. The van der Waals surface area contributed by atoms with Crippen molar-refractivity contribution in [1.29, 1.82) is 0 Å². The third-order valence-electron chi connectivity index (χ3n) is 5.38. The van der Waals surface area contributed by atoms with E-state index in [9.17, 15) is 18.0 Å². The van der Waals surface area contributed by atoms with E-state index in [-0.39, 0.29) is 25.5 Å². The number of rotatable bonds is 14. The number of hydrogen-bond donors (Lipinski definition) is 1. The van der Waals surface area contributed by atoms with E-state index < -0.39 is 22.0 Å². The van der Waals surface area contributed by atoms with E-state index >= 15 is 0 Å². The van der Waals surface area contributed by atoms with Gasteiger partial charge in [-0.15, -0.1) is 0 Å². The molecule has 192 valence electrons. The van der Waals surface area contributed by atoms with Gasteiger partial charge in [-0.05, 0) is 43.5 Å². The van der Waals surface area contributed by atoms with Gasteiger partial charge < -0.3 is 15.0 Å². The lowest BCUT2D eigenvalue weighted by Crippen LogP contribution is -2.51. The number of carbonyl (C=O) groups is 2. The molecular weight excluding hydrogens is 490 g/mol. The summed E-state index contributed by atoms with van der Waals surface area (Å²) in [7, 11) is -3.69. The molecule has 0 heterocycles. The number of hydrogen-bond acceptors (Lipinski definition) is 5. The van der Waals surface area contributed by atoms with Crippen LogP contribution in [0.5, 0.6) is 0 Å². The molecule has 35 heavy (non-hydrogen) atoms. The first-order valence-electron chi connectivity index (χ1n) is 11.5. The summed E-state index contributed by atoms with van der Waals surface area (Å²) >= 11 is 5.98. The Labute approximate surface area is 213 Å². The molecule has 2 aromatic rings. The van der Waals surface area contributed by atoms with E-state index in [4.69, 9.17) is 16.3 Å². The smallest absolute Gasteiger partial charge is 0.242 e. The molecule has 0 spiro atoms. The lowest BCUT2D eigenvalue weighted by atomic mass is 10.1. The van der Waals surface area contributed by atoms with E-state index in [1.807, 2.05) is 25.1 Å². The topological polar surface area (TPSA) is 96.0 Å². The standard InChI is InChI=1S/C25H34ClN3O5S/c1-4-34-16-8-15-27-25(31)20(2)29(18-22-11-13-23(26)14-12-22)24(30)19-28(35(3,32)33)17-21-9-6-5-7-10-21/h5-7,9-14,20H,4,8,15-19H2,1-3H3,(H,27,31)/t20-/m0/s1. The quantitative estimate of drug-likeness (QED) is 0.384. The summed E-state index contributed by atoms with van der Waals surface area (Å²) in [5, 5.41) is 3.38. The Balaban J connectivity index is 2.20. The SMILES string of the molecule is CCOCCCNC(=O)[C@H](C)N(Cc1ccc(Cl)cc1)C(=O)CN(Cc1ccccc1)S(C)(=O)=O. The van der Waals surface area contributed by atoms with Crippen LogP contribution in [0, 0.1) is 0 Å². The van der Waals surface area contributed by atoms with E-state index in [1.165, 1.54) is 4.90 Å². The Morgan fingerprint density at radius 1 is 1.03 bits per heavy atom. The second kappa shape index (κ2) is 14.2. The third kappa shape index (κ3) is 9.97. The van der Waals surface area contributed by atoms with Crippen molar-refractivity contribution >= 4 is 33.4 Å². The van der Waals surface area contributed by atoms with E-state index in [2.05, 4.69) is 5.32 Å². The normalized spacial score (nSPS) is 12.4. The molecule has 0 fully saturated rings. The fraction of sp³-hybridized carbons (Fsp3) is 0.440. The predicted molar refractivity (Wildman–Crippen MR) is 137 cm³/mol. The zero-order chi connectivity index (χ0) is 25.8. The molecule has 0 bridgehead atoms. The van der Waals surface area contributed by atoms with Crippen LogP contribution in [0.3, 0.4) is 0 Å². The van der Waals surface area contributed by atoms with Crippen LogP contribution in [0.1, 0.15) is 31.4 Å². The van der Waals surface area contributed by atoms with Crippen LogP contribution in [0.4, 0.5) is 0 Å². The molecule has 0 aromatic heterocycles. The lowest BCUT2D eigenvalue weighted by molar-refractivity contribution is -0.140. The van der Waals surface area contributed by atoms with Gasteiger partial charge in [0.1, 0.15) is 6.04 Å². The van der Waals surface area contributed by atoms with Crippen molar-refractivity contribution in [3.8, 4) is 0 Å². The maximum absolute atomic E-state index is 13.4. The average Bonchev–Trinajstić information content (AvgIpc) is 2.82. The van der Waals surface area contributed by atoms with Crippen molar-refractivity contribution in [3.05, 3.63) is 70.7 Å². The highest BCUT2D eigenvalue weighted by Crippen LogP contribution is 2.16. The van der Waals surface area contributed by atoms with Crippen molar-refractivity contribution in [2.75, 3.05) is 32.6 Å². The van der Waals surface area contributed by atoms with Crippen LogP contribution < -0.4 is 5.32 Å². The molecule has 10 heteroatoms. The zero-order valence-corrected chi connectivity index (χ0v) is 22.0. The van der Waals surface area contributed by atoms with Gasteiger partial charge in [-0.1, -0.05) is 54.1 Å². The molecule has 2 aromatic carbocycles. The fourth-order valence-electron chi connectivity index (χ4n) is 3.37. The van der Waals surface area contributed by atoms with Gasteiger partial charge in [0.2, 0.25) is 21.8 Å². The highest BCUT2D eigenvalue weighted by molar-refractivity contribution is 7.88. The van der Waals surface area contributed by atoms with Gasteiger partial charge in [-0.3, -0.25) is 9.59 Å². The monoisotopic (exact) mass is 523 g/mol. The molecule has 1 atom stereocenters. The summed E-state index contributed by atoms with van der Waals surface area (Å²) in [6, 6.07) is 15.2. The molecule has 0 saturated carbocycles. The molecule has 0 aliphatic carbocycles. The van der Waals surface area contributed by atoms with Gasteiger partial charge in [0.05, 0.1) is 12.8 Å². The molecule has 1 N–H and O–H groups in total. The first-order valence-corrected chi connectivity index (χ1v) is 13.7. The number of nitrogens with zero attached hydrogens (tertiary/aromatic N) is 2. The number of halogens is 1. The van der Waals surface area contributed by atoms with Gasteiger partial charge in [0.25, 0.3) is 0 Å². The lowest BCUT2D eigenvalue weighted by Gasteiger charge is -2.31. The summed E-state index contributed by atoms with van der Waals surface area (Å²) in [5.41, 5.74) is 1.53. The minimum Gasteiger partial charge on any atom is -0.382 e. The maximum atomic E-state index is 13.4. The second-order valence-corrected chi connectivity index (χ2v) is 10.6. The molecule has 0 aliphatic heterocycles. The Hall–Kier alpha value is -2.46. The largest absolute Gasteiger partial charge is 0.382 e. The van der Waals surface area contributed by atoms with Crippen molar-refractivity contribution in [1.82, 2.24) is 14.5 Å². The highest BCUT2D eigenvalue weighted by Gasteiger charge is 2.29. The average molecular weight is 524 g/mol. The van der Waals surface area contributed by atoms with Gasteiger partial charge in [0.15, 0.2) is 0 Å². The van der Waals surface area contributed by atoms with Gasteiger partial charge in [0, 0.05) is 37.9 Å². The number of carbonyl (C=O) groups excluding carboxylic acids is 2. The van der Waals surface area contributed by atoms with Crippen LogP contribution in [-0.4, -0.2) is 68.0 Å². The first-order chi connectivity index (χ1) is 16.6. The van der Waals surface area contributed by atoms with Crippen molar-refractivity contribution < 1.29 is 22.7 Å². The van der Waals surface area contributed by atoms with Crippen LogP contribution in [0.25, 0.3) is 0 Å². The molecular formula is C25H34ClN3O5S. The van der Waals surface area contributed by atoms with E-state index in [0.29, 0.717) is 31.2 Å². The minimum atomic E-state index is -3.69. The van der Waals surface area contributed by atoms with Crippen molar-refractivity contribution in [2.24, 2.45) is 0 Å². The first kappa shape index (κ1) is 28.8. The molecule has 0 saturated heterocycles. The molecule has 0 unspecified atom stereocenters. The highest BCUT2D eigenvalue weighted by atomic mass is 35.5. The fourth-order valence-corrected chi connectivity index (χ4v) is 4.22. The minimum absolute atomic E-state index is 0.0538. The van der Waals surface area contributed by atoms with Crippen molar-refractivity contribution in [3.63, 3.8) is 0 Å². The maximum Gasteiger partial charge on any atom is 0.242 e. The van der Waals surface area contributed by atoms with E-state index in [1.54, 1.807) is 43.3 Å². The number of ether oxygens (including phenoxy) is 1. The van der Waals surface area contributed by atoms with Gasteiger partial charge >= 0.3 is 0 Å². The van der Waals surface area contributed by atoms with Gasteiger partial charge in [-0.25, -0.2) is 8.42 Å². The third-order valence-corrected chi connectivity index (χ3v) is 6.83. The van der Waals surface area contributed by atoms with Crippen LogP contribution in [0.2, 0.25) is 5.02 Å². The Kier molecular flexibility index (Phi) is 11.7. The predicted octanol–water partition coefficient (Wildman–Crippen LogP) is 3.06. The second-order valence-electron chi connectivity index (χ2n) is 8.18. The number of amides is 2. The van der Waals surface area contributed by atoms with Crippen LogP contribution >= 0.6 is 11.6 Å². The summed E-state index contributed by atoms with van der Waals surface area (Å²) in [6.45, 7) is 4.88. The Morgan fingerprint density at radius 3 is 2.26 bits per heavy atom. The molecule has 2 rings (SSSR count). The van der Waals surface area contributed by atoms with Gasteiger partial charge in [-0.2, -0.15) is 4.31 Å². The molecule has 2 amide bonds. The van der Waals surface area contributed by atoms with Crippen LogP contribution in [0.15, 0.2) is 54.6 Å². The zero-order valence-electron chi connectivity index (χ0n) is 20.4. The van der Waals surface area contributed by atoms with Crippen molar-refractivity contribution in [2.45, 2.75) is 39.4 Å². The summed E-state index contributed by atoms with van der Waals surface area (Å²) in [6.07, 6.45) is 1.72. The Bertz CT molecular complexity index is 1050. The summed E-state index contributed by atoms with van der Waals surface area (Å²) in [5.74, 6) is -0.795. The summed E-state index contributed by atoms with van der Waals surface area (Å²) in [4.78, 5) is 27.7. The Morgan fingerprint density at radius 2 is 1.66 bits per heavy atom. The molecule has 0 radical (unpaired) electrons. The molecule has 0 aliphatic rings. The number of sulfonamides is 1.